The zero-order valence-electron chi connectivity index (χ0n) is 9.54. The van der Waals surface area contributed by atoms with Gasteiger partial charge in [0, 0.05) is 23.5 Å². The lowest BCUT2D eigenvalue weighted by Crippen LogP contribution is -2.11. The molecule has 0 saturated heterocycles. The smallest absolute Gasteiger partial charge is 0.239 e. The van der Waals surface area contributed by atoms with E-state index in [1.54, 1.807) is 13.1 Å². The molecule has 0 saturated carbocycles. The van der Waals surface area contributed by atoms with Gasteiger partial charge in [-0.05, 0) is 19.1 Å². The van der Waals surface area contributed by atoms with E-state index in [1.165, 1.54) is 6.07 Å². The van der Waals surface area contributed by atoms with Crippen LogP contribution in [-0.4, -0.2) is 9.97 Å². The molecule has 2 aromatic rings. The molecule has 94 valence electrons. The number of hydrazine groups is 1. The minimum Gasteiger partial charge on any atom is -0.340 e. The van der Waals surface area contributed by atoms with Crippen LogP contribution in [0, 0.1) is 18.6 Å². The van der Waals surface area contributed by atoms with E-state index in [1.807, 2.05) is 0 Å². The van der Waals surface area contributed by atoms with E-state index in [0.29, 0.717) is 11.5 Å². The lowest BCUT2D eigenvalue weighted by Gasteiger charge is -2.09. The summed E-state index contributed by atoms with van der Waals surface area (Å²) in [5, 5.41) is 2.86. The maximum Gasteiger partial charge on any atom is 0.239 e. The third kappa shape index (κ3) is 2.51. The summed E-state index contributed by atoms with van der Waals surface area (Å²) in [5.41, 5.74) is 3.44. The molecule has 7 heteroatoms. The number of aryl methyl sites for hydroxylation is 1. The predicted octanol–water partition coefficient (Wildman–Crippen LogP) is 2.09. The number of nitrogens with one attached hydrogen (secondary N) is 2. The molecule has 1 heterocycles. The highest BCUT2D eigenvalue weighted by Crippen LogP contribution is 2.20. The van der Waals surface area contributed by atoms with Gasteiger partial charge in [0.25, 0.3) is 0 Å². The van der Waals surface area contributed by atoms with E-state index in [0.717, 1.165) is 17.7 Å². The molecule has 0 aliphatic rings. The van der Waals surface area contributed by atoms with Crippen LogP contribution in [0.4, 0.5) is 26.2 Å². The fourth-order valence-electron chi connectivity index (χ4n) is 1.35. The summed E-state index contributed by atoms with van der Waals surface area (Å²) >= 11 is 0. The molecule has 0 fully saturated rings. The van der Waals surface area contributed by atoms with Crippen LogP contribution < -0.4 is 16.6 Å². The van der Waals surface area contributed by atoms with Gasteiger partial charge in [-0.25, -0.2) is 19.6 Å². The van der Waals surface area contributed by atoms with Crippen molar-refractivity contribution >= 4 is 17.5 Å². The Balaban J connectivity index is 2.30. The van der Waals surface area contributed by atoms with E-state index in [2.05, 4.69) is 20.7 Å². The first-order valence-corrected chi connectivity index (χ1v) is 5.12. The van der Waals surface area contributed by atoms with Crippen LogP contribution in [0.1, 0.15) is 5.56 Å². The van der Waals surface area contributed by atoms with Gasteiger partial charge < -0.3 is 5.32 Å². The first-order valence-electron chi connectivity index (χ1n) is 5.12. The average Bonchev–Trinajstić information content (AvgIpc) is 2.36. The van der Waals surface area contributed by atoms with E-state index in [9.17, 15) is 8.78 Å². The highest BCUT2D eigenvalue weighted by molar-refractivity contribution is 5.59. The molecular formula is C11H11F2N5. The first-order chi connectivity index (χ1) is 8.60. The van der Waals surface area contributed by atoms with Crippen molar-refractivity contribution in [2.75, 3.05) is 10.7 Å². The van der Waals surface area contributed by atoms with Crippen LogP contribution in [0.5, 0.6) is 0 Å². The Morgan fingerprint density at radius 2 is 2.00 bits per heavy atom. The number of nitrogens with two attached hydrogens (primary N) is 1. The number of hydrogen-bond acceptors (Lipinski definition) is 5. The summed E-state index contributed by atoms with van der Waals surface area (Å²) in [4.78, 5) is 7.97. The zero-order valence-corrected chi connectivity index (χ0v) is 9.54. The number of nitrogen functional groups attached to an aromatic ring is 1. The number of rotatable bonds is 3. The monoisotopic (exact) mass is 251 g/mol. The average molecular weight is 251 g/mol. The molecule has 0 atom stereocenters. The second kappa shape index (κ2) is 4.92. The van der Waals surface area contributed by atoms with Gasteiger partial charge in [0.15, 0.2) is 11.6 Å². The van der Waals surface area contributed by atoms with E-state index in [4.69, 9.17) is 5.84 Å². The van der Waals surface area contributed by atoms with Crippen LogP contribution in [0.25, 0.3) is 0 Å². The first kappa shape index (κ1) is 12.2. The molecule has 0 spiro atoms. The van der Waals surface area contributed by atoms with Gasteiger partial charge >= 0.3 is 0 Å². The Morgan fingerprint density at radius 1 is 1.22 bits per heavy atom. The van der Waals surface area contributed by atoms with Gasteiger partial charge in [-0.2, -0.15) is 4.98 Å². The molecule has 0 aliphatic heterocycles. The quantitative estimate of drug-likeness (QED) is 0.575. The maximum absolute atomic E-state index is 13.0. The molecule has 5 nitrogen and oxygen atoms in total. The number of halogens is 2. The molecule has 1 aromatic heterocycles. The standard InChI is InChI=1S/C11H11F2N5/c1-6-5-15-11(18-14)17-10(6)16-7-2-3-8(12)9(13)4-7/h2-5H,14H2,1H3,(H2,15,16,17,18). The summed E-state index contributed by atoms with van der Waals surface area (Å²) in [6, 6.07) is 3.50. The molecule has 0 bridgehead atoms. The molecule has 4 N–H and O–H groups in total. The van der Waals surface area contributed by atoms with Gasteiger partial charge in [-0.15, -0.1) is 0 Å². The van der Waals surface area contributed by atoms with Gasteiger partial charge in [0.2, 0.25) is 5.95 Å². The fourth-order valence-corrected chi connectivity index (χ4v) is 1.35. The van der Waals surface area contributed by atoms with Crippen molar-refractivity contribution in [2.45, 2.75) is 6.92 Å². The minimum absolute atomic E-state index is 0.227. The number of benzene rings is 1. The topological polar surface area (TPSA) is 75.9 Å². The second-order valence-electron chi connectivity index (χ2n) is 3.62. The molecular weight excluding hydrogens is 240 g/mol. The van der Waals surface area contributed by atoms with Gasteiger partial charge in [-0.1, -0.05) is 0 Å². The Morgan fingerprint density at radius 3 is 2.67 bits per heavy atom. The maximum atomic E-state index is 13.0. The number of nitrogens with zero attached hydrogens (tertiary/aromatic N) is 2. The van der Waals surface area contributed by atoms with Crippen LogP contribution in [-0.2, 0) is 0 Å². The lowest BCUT2D eigenvalue weighted by molar-refractivity contribution is 0.509. The lowest BCUT2D eigenvalue weighted by atomic mass is 10.3. The van der Waals surface area contributed by atoms with Gasteiger partial charge in [-0.3, -0.25) is 5.43 Å². The fraction of sp³-hybridized carbons (Fsp3) is 0.0909. The Labute approximate surface area is 102 Å². The van der Waals surface area contributed by atoms with Crippen molar-refractivity contribution in [3.63, 3.8) is 0 Å². The summed E-state index contributed by atoms with van der Waals surface area (Å²) in [5.74, 6) is 4.06. The molecule has 0 radical (unpaired) electrons. The largest absolute Gasteiger partial charge is 0.340 e. The molecule has 0 unspecified atom stereocenters. The van der Waals surface area contributed by atoms with E-state index >= 15 is 0 Å². The molecule has 18 heavy (non-hydrogen) atoms. The Bertz CT molecular complexity index is 573. The normalized spacial score (nSPS) is 10.2. The number of anilines is 3. The van der Waals surface area contributed by atoms with Crippen LogP contribution in [0.3, 0.4) is 0 Å². The van der Waals surface area contributed by atoms with Gasteiger partial charge in [0.05, 0.1) is 0 Å². The van der Waals surface area contributed by atoms with Crippen molar-refractivity contribution in [1.82, 2.24) is 9.97 Å². The third-order valence-electron chi connectivity index (χ3n) is 2.28. The third-order valence-corrected chi connectivity index (χ3v) is 2.28. The van der Waals surface area contributed by atoms with Crippen LogP contribution in [0.2, 0.25) is 0 Å². The van der Waals surface area contributed by atoms with Crippen LogP contribution in [0.15, 0.2) is 24.4 Å². The van der Waals surface area contributed by atoms with Crippen molar-refractivity contribution in [3.05, 3.63) is 41.6 Å². The molecule has 2 rings (SSSR count). The minimum atomic E-state index is -0.927. The predicted molar refractivity (Wildman–Crippen MR) is 64.2 cm³/mol. The highest BCUT2D eigenvalue weighted by Gasteiger charge is 2.06. The second-order valence-corrected chi connectivity index (χ2v) is 3.62. The summed E-state index contributed by atoms with van der Waals surface area (Å²) in [7, 11) is 0. The van der Waals surface area contributed by atoms with Crippen molar-refractivity contribution in [3.8, 4) is 0 Å². The molecule has 0 amide bonds. The van der Waals surface area contributed by atoms with E-state index in [-0.39, 0.29) is 5.95 Å². The Kier molecular flexibility index (Phi) is 3.33. The SMILES string of the molecule is Cc1cnc(NN)nc1Nc1ccc(F)c(F)c1. The number of aromatic nitrogens is 2. The van der Waals surface area contributed by atoms with Crippen molar-refractivity contribution < 1.29 is 8.78 Å². The number of hydrogen-bond donors (Lipinski definition) is 3. The highest BCUT2D eigenvalue weighted by atomic mass is 19.2. The van der Waals surface area contributed by atoms with Crippen LogP contribution >= 0.6 is 0 Å². The summed E-state index contributed by atoms with van der Waals surface area (Å²) in [6.07, 6.45) is 1.56. The van der Waals surface area contributed by atoms with Crippen molar-refractivity contribution in [2.24, 2.45) is 5.84 Å². The summed E-state index contributed by atoms with van der Waals surface area (Å²) < 4.78 is 25.8. The van der Waals surface area contributed by atoms with Crippen molar-refractivity contribution in [1.29, 1.82) is 0 Å². The Hall–Kier alpha value is -2.28. The van der Waals surface area contributed by atoms with E-state index < -0.39 is 11.6 Å². The molecule has 1 aromatic carbocycles. The zero-order chi connectivity index (χ0) is 13.1. The summed E-state index contributed by atoms with van der Waals surface area (Å²) in [6.45, 7) is 1.78. The van der Waals surface area contributed by atoms with Gasteiger partial charge in [0.1, 0.15) is 5.82 Å². The molecule has 0 aliphatic carbocycles.